The SMILES string of the molecule is C[C@@H](ONS(=O)(=O)c1ccc2c(c1)CCC2)C(=O)O. The molecular weight excluding hydrogens is 270 g/mol. The van der Waals surface area contributed by atoms with Crippen LogP contribution in [0.15, 0.2) is 23.1 Å². The number of rotatable bonds is 5. The predicted octanol–water partition coefficient (Wildman–Crippen LogP) is 0.858. The molecular formula is C12H15NO5S. The van der Waals surface area contributed by atoms with Crippen LogP contribution in [0.1, 0.15) is 24.5 Å². The summed E-state index contributed by atoms with van der Waals surface area (Å²) in [7, 11) is -3.85. The van der Waals surface area contributed by atoms with Gasteiger partial charge in [-0.2, -0.15) is 0 Å². The van der Waals surface area contributed by atoms with Gasteiger partial charge in [0, 0.05) is 0 Å². The van der Waals surface area contributed by atoms with Gasteiger partial charge < -0.3 is 5.11 Å². The molecule has 0 aromatic heterocycles. The third-order valence-electron chi connectivity index (χ3n) is 3.06. The summed E-state index contributed by atoms with van der Waals surface area (Å²) in [5, 5.41) is 8.62. The molecule has 7 heteroatoms. The molecule has 0 saturated carbocycles. The molecule has 0 bridgehead atoms. The van der Waals surface area contributed by atoms with Gasteiger partial charge in [-0.1, -0.05) is 11.0 Å². The van der Waals surface area contributed by atoms with Gasteiger partial charge in [0.2, 0.25) is 0 Å². The van der Waals surface area contributed by atoms with Crippen molar-refractivity contribution >= 4 is 16.0 Å². The van der Waals surface area contributed by atoms with Gasteiger partial charge in [-0.15, -0.1) is 0 Å². The Labute approximate surface area is 111 Å². The second kappa shape index (κ2) is 5.28. The zero-order valence-corrected chi connectivity index (χ0v) is 11.2. The lowest BCUT2D eigenvalue weighted by Crippen LogP contribution is -2.32. The summed E-state index contributed by atoms with van der Waals surface area (Å²) in [6.45, 7) is 1.24. The third-order valence-corrected chi connectivity index (χ3v) is 4.25. The number of carbonyl (C=O) groups is 1. The average Bonchev–Trinajstić information content (AvgIpc) is 2.82. The van der Waals surface area contributed by atoms with Crippen molar-refractivity contribution in [1.82, 2.24) is 4.89 Å². The van der Waals surface area contributed by atoms with Crippen LogP contribution in [0.5, 0.6) is 0 Å². The number of carboxylic acid groups (broad SMARTS) is 1. The zero-order valence-electron chi connectivity index (χ0n) is 10.4. The van der Waals surface area contributed by atoms with E-state index in [1.165, 1.54) is 18.6 Å². The fourth-order valence-corrected chi connectivity index (χ4v) is 2.86. The van der Waals surface area contributed by atoms with E-state index < -0.39 is 22.1 Å². The lowest BCUT2D eigenvalue weighted by molar-refractivity contribution is -0.151. The molecule has 0 amide bonds. The second-order valence-electron chi connectivity index (χ2n) is 4.47. The molecule has 0 aliphatic heterocycles. The van der Waals surface area contributed by atoms with E-state index in [0.29, 0.717) is 0 Å². The first-order valence-electron chi connectivity index (χ1n) is 5.92. The Hall–Kier alpha value is -1.44. The third kappa shape index (κ3) is 3.12. The lowest BCUT2D eigenvalue weighted by Gasteiger charge is -2.11. The van der Waals surface area contributed by atoms with Crippen molar-refractivity contribution in [1.29, 1.82) is 0 Å². The number of aliphatic carboxylic acids is 1. The second-order valence-corrected chi connectivity index (χ2v) is 6.11. The van der Waals surface area contributed by atoms with Crippen molar-refractivity contribution in [3.63, 3.8) is 0 Å². The number of benzene rings is 1. The predicted molar refractivity (Wildman–Crippen MR) is 67.0 cm³/mol. The Bertz CT molecular complexity index is 596. The quantitative estimate of drug-likeness (QED) is 0.783. The molecule has 1 aliphatic carbocycles. The van der Waals surface area contributed by atoms with Crippen LogP contribution in [0.25, 0.3) is 0 Å². The average molecular weight is 285 g/mol. The van der Waals surface area contributed by atoms with Crippen molar-refractivity contribution in [3.05, 3.63) is 29.3 Å². The number of hydrogen-bond donors (Lipinski definition) is 2. The number of fused-ring (bicyclic) bond motifs is 1. The molecule has 2 rings (SSSR count). The molecule has 0 saturated heterocycles. The number of carboxylic acids is 1. The molecule has 1 atom stereocenters. The summed E-state index contributed by atoms with van der Waals surface area (Å²) in [5.41, 5.74) is 2.19. The monoisotopic (exact) mass is 285 g/mol. The van der Waals surface area contributed by atoms with E-state index in [4.69, 9.17) is 5.11 Å². The van der Waals surface area contributed by atoms with Gasteiger partial charge in [0.1, 0.15) is 0 Å². The van der Waals surface area contributed by atoms with Crippen LogP contribution in [-0.2, 0) is 32.5 Å². The van der Waals surface area contributed by atoms with Gasteiger partial charge in [-0.3, -0.25) is 4.84 Å². The van der Waals surface area contributed by atoms with Crippen LogP contribution >= 0.6 is 0 Å². The standard InChI is InChI=1S/C12H15NO5S/c1-8(12(14)15)18-13-19(16,17)11-6-5-9-3-2-4-10(9)7-11/h5-8,13H,2-4H2,1H3,(H,14,15)/t8-/m1/s1. The Kier molecular flexibility index (Phi) is 3.88. The number of nitrogens with one attached hydrogen (secondary N) is 1. The van der Waals surface area contributed by atoms with Crippen LogP contribution in [0, 0.1) is 0 Å². The summed E-state index contributed by atoms with van der Waals surface area (Å²) in [6.07, 6.45) is 1.61. The van der Waals surface area contributed by atoms with Crippen molar-refractivity contribution in [3.8, 4) is 0 Å². The highest BCUT2D eigenvalue weighted by atomic mass is 32.2. The van der Waals surface area contributed by atoms with Crippen molar-refractivity contribution in [2.24, 2.45) is 0 Å². The molecule has 0 unspecified atom stereocenters. The number of sulfonamides is 1. The summed E-state index contributed by atoms with van der Waals surface area (Å²) < 4.78 is 23.9. The molecule has 0 fully saturated rings. The highest BCUT2D eigenvalue weighted by molar-refractivity contribution is 7.89. The van der Waals surface area contributed by atoms with Gasteiger partial charge >= 0.3 is 5.97 Å². The maximum atomic E-state index is 11.9. The minimum Gasteiger partial charge on any atom is -0.479 e. The van der Waals surface area contributed by atoms with Gasteiger partial charge in [0.05, 0.1) is 4.90 Å². The summed E-state index contributed by atoms with van der Waals surface area (Å²) in [6, 6.07) is 4.90. The normalized spacial score (nSPS) is 16.1. The van der Waals surface area contributed by atoms with Crippen molar-refractivity contribution < 1.29 is 23.2 Å². The van der Waals surface area contributed by atoms with Crippen LogP contribution in [0.3, 0.4) is 0 Å². The topological polar surface area (TPSA) is 92.7 Å². The van der Waals surface area contributed by atoms with Crippen molar-refractivity contribution in [2.75, 3.05) is 0 Å². The fraction of sp³-hybridized carbons (Fsp3) is 0.417. The van der Waals surface area contributed by atoms with E-state index in [9.17, 15) is 13.2 Å². The minimum absolute atomic E-state index is 0.0886. The maximum absolute atomic E-state index is 11.9. The number of hydrogen-bond acceptors (Lipinski definition) is 4. The molecule has 19 heavy (non-hydrogen) atoms. The highest BCUT2D eigenvalue weighted by Crippen LogP contribution is 2.24. The van der Waals surface area contributed by atoms with Crippen molar-refractivity contribution in [2.45, 2.75) is 37.2 Å². The first-order chi connectivity index (χ1) is 8.90. The van der Waals surface area contributed by atoms with Gasteiger partial charge in [0.15, 0.2) is 6.10 Å². The Morgan fingerprint density at radius 2 is 2.05 bits per heavy atom. The van der Waals surface area contributed by atoms with E-state index in [1.54, 1.807) is 12.1 Å². The molecule has 0 radical (unpaired) electrons. The van der Waals surface area contributed by atoms with Gasteiger partial charge in [0.25, 0.3) is 10.0 Å². The van der Waals surface area contributed by atoms with Crippen LogP contribution in [0.4, 0.5) is 0 Å². The van der Waals surface area contributed by atoms with Crippen LogP contribution < -0.4 is 4.89 Å². The maximum Gasteiger partial charge on any atom is 0.334 e. The Morgan fingerprint density at radius 1 is 1.37 bits per heavy atom. The van der Waals surface area contributed by atoms with E-state index in [2.05, 4.69) is 4.84 Å². The van der Waals surface area contributed by atoms with E-state index >= 15 is 0 Å². The van der Waals surface area contributed by atoms with Gasteiger partial charge in [-0.25, -0.2) is 13.2 Å². The first-order valence-corrected chi connectivity index (χ1v) is 7.40. The molecule has 0 spiro atoms. The lowest BCUT2D eigenvalue weighted by atomic mass is 10.1. The largest absolute Gasteiger partial charge is 0.479 e. The van der Waals surface area contributed by atoms with Gasteiger partial charge in [-0.05, 0) is 49.4 Å². The smallest absolute Gasteiger partial charge is 0.334 e. The summed E-state index contributed by atoms with van der Waals surface area (Å²) >= 11 is 0. The molecule has 1 aromatic carbocycles. The Morgan fingerprint density at radius 3 is 2.74 bits per heavy atom. The highest BCUT2D eigenvalue weighted by Gasteiger charge is 2.21. The molecule has 0 heterocycles. The first kappa shape index (κ1) is 14.0. The molecule has 1 aromatic rings. The molecule has 1 aliphatic rings. The minimum atomic E-state index is -3.85. The van der Waals surface area contributed by atoms with Crippen LogP contribution in [0.2, 0.25) is 0 Å². The fourth-order valence-electron chi connectivity index (χ4n) is 1.95. The molecule has 104 valence electrons. The van der Waals surface area contributed by atoms with Crippen LogP contribution in [-0.4, -0.2) is 25.6 Å². The van der Waals surface area contributed by atoms with E-state index in [-0.39, 0.29) is 4.90 Å². The molecule has 6 nitrogen and oxygen atoms in total. The van der Waals surface area contributed by atoms with E-state index in [1.807, 2.05) is 4.89 Å². The summed E-state index contributed by atoms with van der Waals surface area (Å²) in [5.74, 6) is -1.24. The van der Waals surface area contributed by atoms with E-state index in [0.717, 1.165) is 24.8 Å². The summed E-state index contributed by atoms with van der Waals surface area (Å²) in [4.78, 5) is 17.1. The number of aryl methyl sites for hydroxylation is 2. The molecule has 2 N–H and O–H groups in total. The Balaban J connectivity index is 2.14. The zero-order chi connectivity index (χ0) is 14.0.